The van der Waals surface area contributed by atoms with Gasteiger partial charge in [0.2, 0.25) is 0 Å². The normalized spacial score (nSPS) is 17.3. The van der Waals surface area contributed by atoms with Crippen LogP contribution < -0.4 is 10.1 Å². The van der Waals surface area contributed by atoms with Gasteiger partial charge in [0.15, 0.2) is 11.6 Å². The van der Waals surface area contributed by atoms with Crippen LogP contribution in [0, 0.1) is 11.2 Å². The molecule has 0 spiro atoms. The highest BCUT2D eigenvalue weighted by atomic mass is 19.1. The lowest BCUT2D eigenvalue weighted by Crippen LogP contribution is -2.35. The SMILES string of the molecule is CC1(C)CCC(NCc2ccc(Oc3ccc4nc[nH]c4c3)c(F)c2)CC1. The molecule has 0 bridgehead atoms. The molecule has 1 aliphatic carbocycles. The first-order valence-electron chi connectivity index (χ1n) is 9.61. The molecule has 5 heteroatoms. The lowest BCUT2D eigenvalue weighted by molar-refractivity contribution is 0.206. The lowest BCUT2D eigenvalue weighted by atomic mass is 9.75. The number of hydrogen-bond acceptors (Lipinski definition) is 3. The van der Waals surface area contributed by atoms with Crippen molar-refractivity contribution in [1.82, 2.24) is 15.3 Å². The number of hydrogen-bond donors (Lipinski definition) is 2. The average molecular weight is 367 g/mol. The average Bonchev–Trinajstić information content (AvgIpc) is 3.11. The highest BCUT2D eigenvalue weighted by Crippen LogP contribution is 2.35. The first-order chi connectivity index (χ1) is 13.0. The van der Waals surface area contributed by atoms with E-state index in [1.54, 1.807) is 24.5 Å². The van der Waals surface area contributed by atoms with Crippen LogP contribution in [0.4, 0.5) is 4.39 Å². The molecule has 2 N–H and O–H groups in total. The monoisotopic (exact) mass is 367 g/mol. The van der Waals surface area contributed by atoms with Gasteiger partial charge in [0.1, 0.15) is 5.75 Å². The van der Waals surface area contributed by atoms with Gasteiger partial charge in [0, 0.05) is 18.7 Å². The van der Waals surface area contributed by atoms with Crippen molar-refractivity contribution in [3.63, 3.8) is 0 Å². The van der Waals surface area contributed by atoms with Crippen molar-refractivity contribution in [3.8, 4) is 11.5 Å². The predicted molar refractivity (Wildman–Crippen MR) is 105 cm³/mol. The summed E-state index contributed by atoms with van der Waals surface area (Å²) < 4.78 is 20.2. The van der Waals surface area contributed by atoms with Gasteiger partial charge in [-0.1, -0.05) is 19.9 Å². The Bertz CT molecular complexity index is 924. The van der Waals surface area contributed by atoms with Gasteiger partial charge in [0.05, 0.1) is 17.4 Å². The van der Waals surface area contributed by atoms with Gasteiger partial charge < -0.3 is 15.0 Å². The van der Waals surface area contributed by atoms with E-state index in [4.69, 9.17) is 4.74 Å². The standard InChI is InChI=1S/C22H26FN3O/c1-22(2)9-7-16(8-10-22)24-13-15-3-6-21(18(23)11-15)27-17-4-5-19-20(12-17)26-14-25-19/h3-6,11-12,14,16,24H,7-10,13H2,1-2H3,(H,25,26). The molecule has 0 saturated heterocycles. The summed E-state index contributed by atoms with van der Waals surface area (Å²) in [6, 6.07) is 11.2. The van der Waals surface area contributed by atoms with Crippen LogP contribution in [0.1, 0.15) is 45.1 Å². The van der Waals surface area contributed by atoms with Crippen LogP contribution >= 0.6 is 0 Å². The lowest BCUT2D eigenvalue weighted by Gasteiger charge is -2.34. The van der Waals surface area contributed by atoms with E-state index in [1.165, 1.54) is 25.7 Å². The first kappa shape index (κ1) is 18.0. The smallest absolute Gasteiger partial charge is 0.166 e. The van der Waals surface area contributed by atoms with Gasteiger partial charge in [-0.05, 0) is 60.9 Å². The number of benzene rings is 2. The summed E-state index contributed by atoms with van der Waals surface area (Å²) in [6.45, 7) is 5.35. The molecular weight excluding hydrogens is 341 g/mol. The van der Waals surface area contributed by atoms with E-state index in [-0.39, 0.29) is 11.6 Å². The minimum Gasteiger partial charge on any atom is -0.454 e. The number of H-pyrrole nitrogens is 1. The largest absolute Gasteiger partial charge is 0.454 e. The summed E-state index contributed by atoms with van der Waals surface area (Å²) >= 11 is 0. The summed E-state index contributed by atoms with van der Waals surface area (Å²) in [6.07, 6.45) is 6.49. The van der Waals surface area contributed by atoms with Gasteiger partial charge in [-0.15, -0.1) is 0 Å². The molecule has 142 valence electrons. The summed E-state index contributed by atoms with van der Waals surface area (Å²) in [5.41, 5.74) is 3.12. The highest BCUT2D eigenvalue weighted by Gasteiger charge is 2.26. The van der Waals surface area contributed by atoms with E-state index in [1.807, 2.05) is 18.2 Å². The van der Waals surface area contributed by atoms with Crippen molar-refractivity contribution in [2.45, 2.75) is 52.1 Å². The van der Waals surface area contributed by atoms with Crippen molar-refractivity contribution < 1.29 is 9.13 Å². The maximum absolute atomic E-state index is 14.5. The topological polar surface area (TPSA) is 49.9 Å². The number of ether oxygens (including phenoxy) is 1. The maximum atomic E-state index is 14.5. The molecule has 2 aromatic carbocycles. The molecule has 1 heterocycles. The van der Waals surface area contributed by atoms with Gasteiger partial charge in [0.25, 0.3) is 0 Å². The van der Waals surface area contributed by atoms with Crippen LogP contribution in [0.2, 0.25) is 0 Å². The van der Waals surface area contributed by atoms with Crippen LogP contribution in [-0.4, -0.2) is 16.0 Å². The van der Waals surface area contributed by atoms with Crippen molar-refractivity contribution >= 4 is 11.0 Å². The number of aromatic nitrogens is 2. The summed E-state index contributed by atoms with van der Waals surface area (Å²) in [4.78, 5) is 7.20. The highest BCUT2D eigenvalue weighted by molar-refractivity contribution is 5.76. The number of nitrogens with zero attached hydrogens (tertiary/aromatic N) is 1. The van der Waals surface area contributed by atoms with Crippen LogP contribution in [-0.2, 0) is 6.54 Å². The Morgan fingerprint density at radius 3 is 2.78 bits per heavy atom. The fourth-order valence-corrected chi connectivity index (χ4v) is 3.71. The molecular formula is C22H26FN3O. The zero-order chi connectivity index (χ0) is 18.9. The minimum atomic E-state index is -0.344. The van der Waals surface area contributed by atoms with E-state index < -0.39 is 0 Å². The third-order valence-corrected chi connectivity index (χ3v) is 5.55. The Morgan fingerprint density at radius 1 is 1.19 bits per heavy atom. The molecule has 1 fully saturated rings. The maximum Gasteiger partial charge on any atom is 0.166 e. The zero-order valence-corrected chi connectivity index (χ0v) is 15.9. The quantitative estimate of drug-likeness (QED) is 0.621. The number of imidazole rings is 1. The second-order valence-electron chi connectivity index (χ2n) is 8.27. The number of aromatic amines is 1. The Hall–Kier alpha value is -2.40. The van der Waals surface area contributed by atoms with E-state index >= 15 is 0 Å². The van der Waals surface area contributed by atoms with Gasteiger partial charge in [-0.3, -0.25) is 0 Å². The zero-order valence-electron chi connectivity index (χ0n) is 15.9. The number of rotatable bonds is 5. The fraction of sp³-hybridized carbons (Fsp3) is 0.409. The van der Waals surface area contributed by atoms with Crippen LogP contribution in [0.25, 0.3) is 11.0 Å². The van der Waals surface area contributed by atoms with Gasteiger partial charge in [-0.25, -0.2) is 9.37 Å². The molecule has 0 atom stereocenters. The molecule has 1 saturated carbocycles. The molecule has 0 aliphatic heterocycles. The molecule has 4 nitrogen and oxygen atoms in total. The first-order valence-corrected chi connectivity index (χ1v) is 9.61. The third kappa shape index (κ3) is 4.30. The van der Waals surface area contributed by atoms with Crippen LogP contribution in [0.5, 0.6) is 11.5 Å². The van der Waals surface area contributed by atoms with Crippen molar-refractivity contribution in [2.24, 2.45) is 5.41 Å². The van der Waals surface area contributed by atoms with E-state index in [0.29, 0.717) is 23.8 Å². The molecule has 0 radical (unpaired) electrons. The van der Waals surface area contributed by atoms with E-state index in [2.05, 4.69) is 29.1 Å². The van der Waals surface area contributed by atoms with E-state index in [9.17, 15) is 4.39 Å². The Morgan fingerprint density at radius 2 is 2.00 bits per heavy atom. The Kier molecular flexibility index (Phi) is 4.87. The van der Waals surface area contributed by atoms with Crippen molar-refractivity contribution in [2.75, 3.05) is 0 Å². The second kappa shape index (κ2) is 7.31. The molecule has 1 aliphatic rings. The molecule has 0 amide bonds. The molecule has 1 aromatic heterocycles. The second-order valence-corrected chi connectivity index (χ2v) is 8.27. The van der Waals surface area contributed by atoms with Crippen molar-refractivity contribution in [3.05, 3.63) is 54.1 Å². The molecule has 4 rings (SSSR count). The van der Waals surface area contributed by atoms with Crippen LogP contribution in [0.3, 0.4) is 0 Å². The summed E-state index contributed by atoms with van der Waals surface area (Å²) in [7, 11) is 0. The number of nitrogens with one attached hydrogen (secondary N) is 2. The number of fused-ring (bicyclic) bond motifs is 1. The minimum absolute atomic E-state index is 0.233. The Balaban J connectivity index is 1.37. The van der Waals surface area contributed by atoms with Gasteiger partial charge in [-0.2, -0.15) is 0 Å². The third-order valence-electron chi connectivity index (χ3n) is 5.55. The van der Waals surface area contributed by atoms with Gasteiger partial charge >= 0.3 is 0 Å². The van der Waals surface area contributed by atoms with Crippen molar-refractivity contribution in [1.29, 1.82) is 0 Å². The molecule has 0 unspecified atom stereocenters. The molecule has 27 heavy (non-hydrogen) atoms. The fourth-order valence-electron chi connectivity index (χ4n) is 3.71. The summed E-state index contributed by atoms with van der Waals surface area (Å²) in [5, 5.41) is 3.57. The van der Waals surface area contributed by atoms with Crippen LogP contribution in [0.15, 0.2) is 42.7 Å². The molecule has 3 aromatic rings. The van der Waals surface area contributed by atoms with E-state index in [0.717, 1.165) is 16.6 Å². The summed E-state index contributed by atoms with van der Waals surface area (Å²) in [5.74, 6) is 0.474. The predicted octanol–water partition coefficient (Wildman–Crippen LogP) is 5.55. The Labute approximate surface area is 159 Å². The number of halogens is 1.